The van der Waals surface area contributed by atoms with Gasteiger partial charge in [-0.1, -0.05) is 12.1 Å². The standard InChI is InChI=1S/C13H18N2/c1-9-4-3-5-12-13(9)10-8-15(2)7-6-11(10)14-12/h3-5,10-11,14H,6-8H2,1-2H3/t10-,11+/m0/s1. The van der Waals surface area contributed by atoms with Crippen LogP contribution in [0.2, 0.25) is 0 Å². The minimum absolute atomic E-state index is 0.678. The van der Waals surface area contributed by atoms with Gasteiger partial charge in [0.05, 0.1) is 0 Å². The molecule has 0 radical (unpaired) electrons. The topological polar surface area (TPSA) is 15.3 Å². The Morgan fingerprint density at radius 1 is 1.40 bits per heavy atom. The molecule has 0 unspecified atom stereocenters. The maximum Gasteiger partial charge on any atom is 0.0381 e. The molecule has 2 atom stereocenters. The average Bonchev–Trinajstić information content (AvgIpc) is 2.57. The quantitative estimate of drug-likeness (QED) is 0.694. The maximum atomic E-state index is 3.67. The molecule has 0 bridgehead atoms. The smallest absolute Gasteiger partial charge is 0.0381 e. The number of fused-ring (bicyclic) bond motifs is 3. The van der Waals surface area contributed by atoms with Crippen LogP contribution in [0.15, 0.2) is 18.2 Å². The summed E-state index contributed by atoms with van der Waals surface area (Å²) >= 11 is 0. The van der Waals surface area contributed by atoms with Gasteiger partial charge in [-0.15, -0.1) is 0 Å². The first-order valence-electron chi connectivity index (χ1n) is 5.80. The van der Waals surface area contributed by atoms with Crippen molar-refractivity contribution in [2.24, 2.45) is 0 Å². The summed E-state index contributed by atoms with van der Waals surface area (Å²) in [5.41, 5.74) is 4.39. The molecule has 0 amide bonds. The van der Waals surface area contributed by atoms with E-state index >= 15 is 0 Å². The van der Waals surface area contributed by atoms with Gasteiger partial charge in [-0.25, -0.2) is 0 Å². The summed E-state index contributed by atoms with van der Waals surface area (Å²) in [4.78, 5) is 2.45. The van der Waals surface area contributed by atoms with Gasteiger partial charge in [-0.3, -0.25) is 0 Å². The van der Waals surface area contributed by atoms with Crippen LogP contribution >= 0.6 is 0 Å². The van der Waals surface area contributed by atoms with Crippen molar-refractivity contribution in [1.29, 1.82) is 0 Å². The first-order chi connectivity index (χ1) is 7.25. The van der Waals surface area contributed by atoms with Gasteiger partial charge in [0.15, 0.2) is 0 Å². The second kappa shape index (κ2) is 3.24. The highest BCUT2D eigenvalue weighted by Crippen LogP contribution is 2.41. The van der Waals surface area contributed by atoms with Crippen LogP contribution in [0.5, 0.6) is 0 Å². The zero-order valence-electron chi connectivity index (χ0n) is 9.46. The third-order valence-corrected chi connectivity index (χ3v) is 3.85. The lowest BCUT2D eigenvalue weighted by molar-refractivity contribution is 0.243. The van der Waals surface area contributed by atoms with Crippen molar-refractivity contribution >= 4 is 5.69 Å². The van der Waals surface area contributed by atoms with Crippen LogP contribution in [0.4, 0.5) is 5.69 Å². The van der Waals surface area contributed by atoms with E-state index in [4.69, 9.17) is 0 Å². The van der Waals surface area contributed by atoms with Crippen molar-refractivity contribution in [1.82, 2.24) is 4.90 Å². The molecular weight excluding hydrogens is 184 g/mol. The monoisotopic (exact) mass is 202 g/mol. The van der Waals surface area contributed by atoms with Gasteiger partial charge in [0, 0.05) is 24.2 Å². The van der Waals surface area contributed by atoms with E-state index in [1.54, 1.807) is 5.56 Å². The SMILES string of the molecule is Cc1cccc2c1[C@H]1CN(C)CC[C@H]1N2. The van der Waals surface area contributed by atoms with Crippen molar-refractivity contribution in [3.8, 4) is 0 Å². The van der Waals surface area contributed by atoms with Gasteiger partial charge >= 0.3 is 0 Å². The summed E-state index contributed by atoms with van der Waals surface area (Å²) < 4.78 is 0. The van der Waals surface area contributed by atoms with Gasteiger partial charge in [0.25, 0.3) is 0 Å². The molecule has 80 valence electrons. The van der Waals surface area contributed by atoms with Crippen LogP contribution in [0.25, 0.3) is 0 Å². The lowest BCUT2D eigenvalue weighted by Gasteiger charge is -2.32. The Morgan fingerprint density at radius 3 is 3.13 bits per heavy atom. The van der Waals surface area contributed by atoms with Crippen LogP contribution in [-0.4, -0.2) is 31.1 Å². The molecule has 2 aliphatic heterocycles. The number of piperidine rings is 1. The highest BCUT2D eigenvalue weighted by molar-refractivity contribution is 5.62. The predicted molar refractivity (Wildman–Crippen MR) is 63.4 cm³/mol. The lowest BCUT2D eigenvalue weighted by Crippen LogP contribution is -2.39. The molecule has 0 spiro atoms. The molecule has 2 aliphatic rings. The van der Waals surface area contributed by atoms with Crippen LogP contribution in [-0.2, 0) is 0 Å². The molecule has 2 heteroatoms. The molecule has 3 rings (SSSR count). The molecular formula is C13H18N2. The van der Waals surface area contributed by atoms with E-state index in [9.17, 15) is 0 Å². The number of anilines is 1. The maximum absolute atomic E-state index is 3.67. The van der Waals surface area contributed by atoms with Crippen LogP contribution < -0.4 is 5.32 Å². The number of likely N-dealkylation sites (tertiary alicyclic amines) is 1. The molecule has 2 heterocycles. The summed E-state index contributed by atoms with van der Waals surface area (Å²) in [6, 6.07) is 7.29. The number of nitrogens with zero attached hydrogens (tertiary/aromatic N) is 1. The zero-order chi connectivity index (χ0) is 10.4. The minimum Gasteiger partial charge on any atom is -0.381 e. The summed E-state index contributed by atoms with van der Waals surface area (Å²) in [5, 5.41) is 3.67. The highest BCUT2D eigenvalue weighted by Gasteiger charge is 2.36. The van der Waals surface area contributed by atoms with Gasteiger partial charge in [-0.2, -0.15) is 0 Å². The van der Waals surface area contributed by atoms with Gasteiger partial charge in [-0.05, 0) is 44.1 Å². The van der Waals surface area contributed by atoms with Gasteiger partial charge in [0.2, 0.25) is 0 Å². The van der Waals surface area contributed by atoms with Crippen molar-refractivity contribution < 1.29 is 0 Å². The minimum atomic E-state index is 0.678. The van der Waals surface area contributed by atoms with Gasteiger partial charge < -0.3 is 10.2 Å². The Hall–Kier alpha value is -1.02. The van der Waals surface area contributed by atoms with E-state index in [0.29, 0.717) is 12.0 Å². The summed E-state index contributed by atoms with van der Waals surface area (Å²) in [5.74, 6) is 0.708. The summed E-state index contributed by atoms with van der Waals surface area (Å²) in [6.07, 6.45) is 1.27. The molecule has 0 aromatic heterocycles. The molecule has 2 nitrogen and oxygen atoms in total. The van der Waals surface area contributed by atoms with E-state index in [0.717, 1.165) is 0 Å². The largest absolute Gasteiger partial charge is 0.381 e. The predicted octanol–water partition coefficient (Wildman–Crippen LogP) is 2.21. The lowest BCUT2D eigenvalue weighted by atomic mass is 9.87. The van der Waals surface area contributed by atoms with E-state index in [-0.39, 0.29) is 0 Å². The second-order valence-corrected chi connectivity index (χ2v) is 4.94. The Balaban J connectivity index is 2.02. The first-order valence-corrected chi connectivity index (χ1v) is 5.80. The number of hydrogen-bond donors (Lipinski definition) is 1. The Bertz CT molecular complexity index is 386. The number of benzene rings is 1. The summed E-state index contributed by atoms with van der Waals surface area (Å²) in [6.45, 7) is 4.66. The third-order valence-electron chi connectivity index (χ3n) is 3.85. The van der Waals surface area contributed by atoms with Crippen LogP contribution in [0.3, 0.4) is 0 Å². The molecule has 0 aliphatic carbocycles. The van der Waals surface area contributed by atoms with Gasteiger partial charge in [0.1, 0.15) is 0 Å². The number of nitrogens with one attached hydrogen (secondary N) is 1. The first kappa shape index (κ1) is 9.22. The fraction of sp³-hybridized carbons (Fsp3) is 0.538. The van der Waals surface area contributed by atoms with E-state index < -0.39 is 0 Å². The van der Waals surface area contributed by atoms with Crippen LogP contribution in [0.1, 0.15) is 23.5 Å². The fourth-order valence-corrected chi connectivity index (χ4v) is 3.08. The Labute approximate surface area is 91.3 Å². The molecule has 1 fully saturated rings. The molecule has 1 aromatic rings. The van der Waals surface area contributed by atoms with Crippen molar-refractivity contribution in [2.75, 3.05) is 25.5 Å². The molecule has 0 saturated carbocycles. The Morgan fingerprint density at radius 2 is 2.27 bits per heavy atom. The third kappa shape index (κ3) is 1.36. The van der Waals surface area contributed by atoms with Crippen molar-refractivity contribution in [3.05, 3.63) is 29.3 Å². The van der Waals surface area contributed by atoms with Crippen molar-refractivity contribution in [2.45, 2.75) is 25.3 Å². The molecule has 15 heavy (non-hydrogen) atoms. The number of rotatable bonds is 0. The van der Waals surface area contributed by atoms with E-state index in [1.807, 2.05) is 0 Å². The summed E-state index contributed by atoms with van der Waals surface area (Å²) in [7, 11) is 2.23. The molecule has 1 saturated heterocycles. The average molecular weight is 202 g/mol. The zero-order valence-corrected chi connectivity index (χ0v) is 9.46. The highest BCUT2D eigenvalue weighted by atomic mass is 15.1. The number of aryl methyl sites for hydroxylation is 1. The molecule has 1 N–H and O–H groups in total. The fourth-order valence-electron chi connectivity index (χ4n) is 3.08. The number of likely N-dealkylation sites (N-methyl/N-ethyl adjacent to an activating group) is 1. The van der Waals surface area contributed by atoms with Crippen molar-refractivity contribution in [3.63, 3.8) is 0 Å². The second-order valence-electron chi connectivity index (χ2n) is 4.94. The van der Waals surface area contributed by atoms with E-state index in [2.05, 4.69) is 42.4 Å². The van der Waals surface area contributed by atoms with Crippen LogP contribution in [0, 0.1) is 6.92 Å². The number of hydrogen-bond acceptors (Lipinski definition) is 2. The van der Waals surface area contributed by atoms with E-state index in [1.165, 1.54) is 30.8 Å². The molecule has 1 aromatic carbocycles. The normalized spacial score (nSPS) is 29.5. The Kier molecular flexibility index (Phi) is 1.99.